The van der Waals surface area contributed by atoms with Gasteiger partial charge in [0.15, 0.2) is 0 Å². The van der Waals surface area contributed by atoms with Crippen molar-refractivity contribution in [2.45, 2.75) is 19.4 Å². The number of aliphatic carboxylic acids is 2. The average Bonchev–Trinajstić information content (AvgIpc) is 3.63. The third-order valence-electron chi connectivity index (χ3n) is 6.71. The summed E-state index contributed by atoms with van der Waals surface area (Å²) in [5.41, 5.74) is 3.87. The maximum Gasteiger partial charge on any atom is 0.328 e. The second kappa shape index (κ2) is 12.5. The minimum Gasteiger partial charge on any atom is -0.478 e. The lowest BCUT2D eigenvalue weighted by Crippen LogP contribution is -2.18. The number of hydrogen-bond acceptors (Lipinski definition) is 6. The largest absolute Gasteiger partial charge is 0.478 e. The van der Waals surface area contributed by atoms with Crippen LogP contribution in [0.5, 0.6) is 0 Å². The van der Waals surface area contributed by atoms with E-state index < -0.39 is 11.9 Å². The zero-order chi connectivity index (χ0) is 28.9. The van der Waals surface area contributed by atoms with Gasteiger partial charge in [0.1, 0.15) is 11.0 Å². The summed E-state index contributed by atoms with van der Waals surface area (Å²) < 4.78 is 2.30. The first-order valence-corrected chi connectivity index (χ1v) is 14.1. The van der Waals surface area contributed by atoms with Crippen LogP contribution in [0.3, 0.4) is 0 Å². The Balaban J connectivity index is 0.000000372. The van der Waals surface area contributed by atoms with E-state index in [1.807, 2.05) is 36.4 Å². The Morgan fingerprint density at radius 1 is 0.902 bits per heavy atom. The number of fused-ring (bicyclic) bond motifs is 2. The molecular formula is C31H26ClN3O5S. The summed E-state index contributed by atoms with van der Waals surface area (Å²) in [5.74, 6) is -2.51. The Bertz CT molecular complexity index is 1810. The molecule has 5 aromatic rings. The number of carboxylic acids is 2. The molecule has 1 aliphatic heterocycles. The van der Waals surface area contributed by atoms with Gasteiger partial charge in [0.05, 0.1) is 11.2 Å². The van der Waals surface area contributed by atoms with E-state index in [-0.39, 0.29) is 5.56 Å². The third-order valence-corrected chi connectivity index (χ3v) is 8.12. The molecule has 8 nitrogen and oxygen atoms in total. The van der Waals surface area contributed by atoms with Crippen LogP contribution in [0.1, 0.15) is 18.4 Å². The van der Waals surface area contributed by atoms with Crippen molar-refractivity contribution < 1.29 is 19.8 Å². The van der Waals surface area contributed by atoms with E-state index in [0.717, 1.165) is 33.6 Å². The number of halogens is 1. The summed E-state index contributed by atoms with van der Waals surface area (Å²) in [6.45, 7) is 3.39. The van der Waals surface area contributed by atoms with E-state index in [4.69, 9.17) is 21.8 Å². The predicted octanol–water partition coefficient (Wildman–Crippen LogP) is 6.23. The van der Waals surface area contributed by atoms with Crippen LogP contribution in [-0.2, 0) is 16.1 Å². The van der Waals surface area contributed by atoms with E-state index in [1.54, 1.807) is 10.9 Å². The molecule has 10 heteroatoms. The second-order valence-electron chi connectivity index (χ2n) is 9.61. The minimum absolute atomic E-state index is 0.0461. The number of benzene rings is 3. The molecule has 0 bridgehead atoms. The fourth-order valence-corrected chi connectivity index (χ4v) is 5.90. The van der Waals surface area contributed by atoms with Gasteiger partial charge in [-0.1, -0.05) is 41.9 Å². The molecule has 6 rings (SSSR count). The molecule has 1 aliphatic rings. The van der Waals surface area contributed by atoms with Crippen molar-refractivity contribution in [3.05, 3.63) is 106 Å². The topological polar surface area (TPSA) is 113 Å². The van der Waals surface area contributed by atoms with Crippen molar-refractivity contribution in [3.63, 3.8) is 0 Å². The van der Waals surface area contributed by atoms with E-state index >= 15 is 0 Å². The Morgan fingerprint density at radius 2 is 1.56 bits per heavy atom. The van der Waals surface area contributed by atoms with Crippen LogP contribution in [-0.4, -0.2) is 49.7 Å². The fourth-order valence-electron chi connectivity index (χ4n) is 4.72. The molecule has 2 N–H and O–H groups in total. The molecular weight excluding hydrogens is 562 g/mol. The Hall–Kier alpha value is -4.31. The highest BCUT2D eigenvalue weighted by Gasteiger charge is 2.14. The molecule has 0 saturated carbocycles. The quantitative estimate of drug-likeness (QED) is 0.226. The molecule has 208 valence electrons. The van der Waals surface area contributed by atoms with Crippen LogP contribution in [0.15, 0.2) is 90.0 Å². The first kappa shape index (κ1) is 28.2. The minimum atomic E-state index is -1.26. The van der Waals surface area contributed by atoms with Gasteiger partial charge in [0.2, 0.25) is 0 Å². The number of rotatable bonds is 6. The van der Waals surface area contributed by atoms with Crippen molar-refractivity contribution >= 4 is 55.9 Å². The lowest BCUT2D eigenvalue weighted by molar-refractivity contribution is -0.134. The Kier molecular flexibility index (Phi) is 8.58. The van der Waals surface area contributed by atoms with Crippen molar-refractivity contribution in [2.75, 3.05) is 13.1 Å². The van der Waals surface area contributed by atoms with E-state index in [9.17, 15) is 14.4 Å². The van der Waals surface area contributed by atoms with Crippen molar-refractivity contribution in [2.24, 2.45) is 0 Å². The van der Waals surface area contributed by atoms with Gasteiger partial charge in [-0.15, -0.1) is 11.3 Å². The van der Waals surface area contributed by atoms with E-state index in [2.05, 4.69) is 40.2 Å². The van der Waals surface area contributed by atoms with Gasteiger partial charge in [-0.05, 0) is 84.2 Å². The van der Waals surface area contributed by atoms with E-state index in [1.165, 1.54) is 48.2 Å². The first-order valence-electron chi connectivity index (χ1n) is 12.9. The van der Waals surface area contributed by atoms with Crippen LogP contribution < -0.4 is 5.56 Å². The molecule has 0 atom stereocenters. The summed E-state index contributed by atoms with van der Waals surface area (Å²) in [6.07, 6.45) is 5.35. The summed E-state index contributed by atoms with van der Waals surface area (Å²) >= 11 is 7.48. The SMILES string of the molecule is O=C(O)/C=C\C(=O)O.O=c1c2sc(-c3ccc(Cl)cc3)cc2ncn1-c1ccc2cc(CN3CCCC3)ccc2c1. The van der Waals surface area contributed by atoms with Crippen LogP contribution in [0.25, 0.3) is 37.1 Å². The normalized spacial score (nSPS) is 13.5. The Morgan fingerprint density at radius 3 is 2.24 bits per heavy atom. The first-order chi connectivity index (χ1) is 19.8. The van der Waals surface area contributed by atoms with Gasteiger partial charge < -0.3 is 10.2 Å². The van der Waals surface area contributed by atoms with Gasteiger partial charge in [-0.2, -0.15) is 0 Å². The predicted molar refractivity (Wildman–Crippen MR) is 162 cm³/mol. The summed E-state index contributed by atoms with van der Waals surface area (Å²) in [7, 11) is 0. The van der Waals surface area contributed by atoms with Crippen LogP contribution in [0.4, 0.5) is 0 Å². The molecule has 0 unspecified atom stereocenters. The van der Waals surface area contributed by atoms with Crippen LogP contribution in [0, 0.1) is 0 Å². The summed E-state index contributed by atoms with van der Waals surface area (Å²) in [4.78, 5) is 40.5. The third kappa shape index (κ3) is 6.89. The van der Waals surface area contributed by atoms with E-state index in [0.29, 0.717) is 21.9 Å². The molecule has 0 amide bonds. The number of carbonyl (C=O) groups is 2. The van der Waals surface area contributed by atoms with Gasteiger partial charge in [-0.25, -0.2) is 14.6 Å². The van der Waals surface area contributed by atoms with Gasteiger partial charge in [0.25, 0.3) is 5.56 Å². The second-order valence-corrected chi connectivity index (χ2v) is 11.1. The molecule has 0 radical (unpaired) electrons. The summed E-state index contributed by atoms with van der Waals surface area (Å²) in [6, 6.07) is 22.4. The number of likely N-dealkylation sites (tertiary alicyclic amines) is 1. The monoisotopic (exact) mass is 587 g/mol. The van der Waals surface area contributed by atoms with Crippen molar-refractivity contribution in [3.8, 4) is 16.1 Å². The zero-order valence-electron chi connectivity index (χ0n) is 21.9. The lowest BCUT2D eigenvalue weighted by atomic mass is 10.1. The van der Waals surface area contributed by atoms with Gasteiger partial charge >= 0.3 is 11.9 Å². The molecule has 41 heavy (non-hydrogen) atoms. The van der Waals surface area contributed by atoms with Gasteiger partial charge in [-0.3, -0.25) is 14.3 Å². The lowest BCUT2D eigenvalue weighted by Gasteiger charge is -2.15. The standard InChI is InChI=1S/C27H22ClN3OS.C4H4O4/c28-22-8-5-19(6-9-22)25-15-24-26(33-25)27(32)31(17-29-24)23-10-7-20-13-18(3-4-21(20)14-23)16-30-11-1-2-12-30;5-3(6)1-2-4(7)8/h3-10,13-15,17H,1-2,11-12,16H2;1-2H,(H,5,6)(H,7,8)/b;2-1-. The van der Waals surface area contributed by atoms with Crippen LogP contribution in [0.2, 0.25) is 5.02 Å². The fraction of sp³-hybridized carbons (Fsp3) is 0.161. The van der Waals surface area contributed by atoms with Gasteiger partial charge in [0, 0.05) is 28.6 Å². The highest BCUT2D eigenvalue weighted by molar-refractivity contribution is 7.22. The Labute approximate surface area is 244 Å². The maximum absolute atomic E-state index is 13.3. The highest BCUT2D eigenvalue weighted by Crippen LogP contribution is 2.32. The van der Waals surface area contributed by atoms with Crippen molar-refractivity contribution in [1.82, 2.24) is 14.5 Å². The summed E-state index contributed by atoms with van der Waals surface area (Å²) in [5, 5.41) is 18.6. The van der Waals surface area contributed by atoms with Crippen LogP contribution >= 0.6 is 22.9 Å². The number of hydrogen-bond donors (Lipinski definition) is 2. The highest BCUT2D eigenvalue weighted by atomic mass is 35.5. The average molecular weight is 588 g/mol. The number of carboxylic acid groups (broad SMARTS) is 2. The smallest absolute Gasteiger partial charge is 0.328 e. The molecule has 3 aromatic carbocycles. The van der Waals surface area contributed by atoms with Crippen molar-refractivity contribution in [1.29, 1.82) is 0 Å². The zero-order valence-corrected chi connectivity index (χ0v) is 23.4. The number of aromatic nitrogens is 2. The molecule has 2 aromatic heterocycles. The number of nitrogens with zero attached hydrogens (tertiary/aromatic N) is 3. The molecule has 1 saturated heterocycles. The molecule has 0 aliphatic carbocycles. The number of thiophene rings is 1. The molecule has 0 spiro atoms. The molecule has 3 heterocycles. The molecule has 1 fully saturated rings. The maximum atomic E-state index is 13.3.